The summed E-state index contributed by atoms with van der Waals surface area (Å²) in [5.74, 6) is 7.75. The number of nitrogen functional groups attached to an aromatic ring is 1. The van der Waals surface area contributed by atoms with Crippen LogP contribution < -0.4 is 16.0 Å². The summed E-state index contributed by atoms with van der Waals surface area (Å²) in [7, 11) is 0. The quantitative estimate of drug-likeness (QED) is 0.586. The maximum Gasteiger partial charge on any atom is 0.219 e. The predicted molar refractivity (Wildman–Crippen MR) is 68.8 cm³/mol. The average Bonchev–Trinajstić information content (AvgIpc) is 2.28. The zero-order valence-corrected chi connectivity index (χ0v) is 11.0. The second kappa shape index (κ2) is 6.39. The van der Waals surface area contributed by atoms with Gasteiger partial charge in [-0.15, -0.1) is 0 Å². The van der Waals surface area contributed by atoms with Crippen LogP contribution in [-0.4, -0.2) is 16.1 Å². The first-order valence-corrected chi connectivity index (χ1v) is 6.08. The molecule has 0 saturated heterocycles. The Hall–Kier alpha value is -1.36. The van der Waals surface area contributed by atoms with Gasteiger partial charge in [-0.3, -0.25) is 0 Å². The first kappa shape index (κ1) is 13.7. The number of nitrogens with one attached hydrogen (secondary N) is 1. The number of nitrogens with two attached hydrogens (primary N) is 1. The lowest BCUT2D eigenvalue weighted by Crippen LogP contribution is -2.20. The van der Waals surface area contributed by atoms with E-state index in [-0.39, 0.29) is 6.10 Å². The van der Waals surface area contributed by atoms with Gasteiger partial charge >= 0.3 is 0 Å². The predicted octanol–water partition coefficient (Wildman–Crippen LogP) is 2.14. The Morgan fingerprint density at radius 3 is 2.59 bits per heavy atom. The average molecular weight is 238 g/mol. The number of anilines is 1. The van der Waals surface area contributed by atoms with Crippen LogP contribution in [-0.2, 0) is 6.42 Å². The molecule has 0 aliphatic carbocycles. The summed E-state index contributed by atoms with van der Waals surface area (Å²) in [5.41, 5.74) is 2.54. The van der Waals surface area contributed by atoms with Crippen molar-refractivity contribution in [2.75, 3.05) is 5.43 Å². The fraction of sp³-hybridized carbons (Fsp3) is 0.667. The Kier molecular flexibility index (Phi) is 5.15. The normalized spacial score (nSPS) is 12.6. The zero-order chi connectivity index (χ0) is 12.8. The van der Waals surface area contributed by atoms with Crippen LogP contribution in [0.25, 0.3) is 0 Å². The number of aryl methyl sites for hydroxylation is 1. The van der Waals surface area contributed by atoms with Crippen molar-refractivity contribution in [1.29, 1.82) is 0 Å². The van der Waals surface area contributed by atoms with Crippen molar-refractivity contribution < 1.29 is 4.74 Å². The number of hydrogen-bond acceptors (Lipinski definition) is 5. The molecule has 5 nitrogen and oxygen atoms in total. The van der Waals surface area contributed by atoms with Gasteiger partial charge in [-0.2, -0.15) is 4.98 Å². The molecule has 1 aromatic rings. The van der Waals surface area contributed by atoms with E-state index in [2.05, 4.69) is 36.2 Å². The van der Waals surface area contributed by atoms with Crippen molar-refractivity contribution in [2.24, 2.45) is 11.8 Å². The van der Waals surface area contributed by atoms with Crippen LogP contribution >= 0.6 is 0 Å². The van der Waals surface area contributed by atoms with E-state index in [0.717, 1.165) is 18.7 Å². The van der Waals surface area contributed by atoms with E-state index in [1.807, 2.05) is 6.92 Å². The van der Waals surface area contributed by atoms with Gasteiger partial charge in [-0.05, 0) is 19.3 Å². The molecular weight excluding hydrogens is 216 g/mol. The van der Waals surface area contributed by atoms with Crippen molar-refractivity contribution in [2.45, 2.75) is 46.6 Å². The minimum atomic E-state index is 0.116. The number of hydrazine groups is 1. The third kappa shape index (κ3) is 4.19. The fourth-order valence-corrected chi connectivity index (χ4v) is 1.27. The third-order valence-corrected chi connectivity index (χ3v) is 2.62. The minimum absolute atomic E-state index is 0.116. The van der Waals surface area contributed by atoms with Gasteiger partial charge in [0.1, 0.15) is 11.6 Å². The molecule has 1 atom stereocenters. The van der Waals surface area contributed by atoms with E-state index in [4.69, 9.17) is 10.6 Å². The lowest BCUT2D eigenvalue weighted by molar-refractivity contribution is 0.163. The molecule has 96 valence electrons. The van der Waals surface area contributed by atoms with Gasteiger partial charge in [0.05, 0.1) is 6.10 Å². The monoisotopic (exact) mass is 238 g/mol. The fourth-order valence-electron chi connectivity index (χ4n) is 1.27. The van der Waals surface area contributed by atoms with Gasteiger partial charge in [-0.1, -0.05) is 20.8 Å². The Labute approximate surface area is 103 Å². The van der Waals surface area contributed by atoms with Crippen molar-refractivity contribution in [3.63, 3.8) is 0 Å². The highest BCUT2D eigenvalue weighted by Crippen LogP contribution is 2.17. The molecule has 0 radical (unpaired) electrons. The summed E-state index contributed by atoms with van der Waals surface area (Å²) in [6, 6.07) is 1.72. The molecule has 1 aromatic heterocycles. The second-order valence-electron chi connectivity index (χ2n) is 4.47. The number of hydrogen-bond donors (Lipinski definition) is 2. The second-order valence-corrected chi connectivity index (χ2v) is 4.47. The van der Waals surface area contributed by atoms with Crippen molar-refractivity contribution >= 4 is 5.82 Å². The molecule has 0 aliphatic heterocycles. The molecule has 0 saturated carbocycles. The summed E-state index contributed by atoms with van der Waals surface area (Å²) in [4.78, 5) is 8.63. The largest absolute Gasteiger partial charge is 0.474 e. The van der Waals surface area contributed by atoms with Crippen molar-refractivity contribution in [3.8, 4) is 5.88 Å². The SMILES string of the molecule is CCCc1nc(NN)cc(OC(C)C(C)C)n1. The smallest absolute Gasteiger partial charge is 0.219 e. The van der Waals surface area contributed by atoms with Crippen LogP contribution in [0.15, 0.2) is 6.07 Å². The molecular formula is C12H22N4O. The molecule has 0 amide bonds. The van der Waals surface area contributed by atoms with E-state index in [0.29, 0.717) is 17.6 Å². The minimum Gasteiger partial charge on any atom is -0.474 e. The molecule has 0 aromatic carbocycles. The van der Waals surface area contributed by atoms with Crippen molar-refractivity contribution in [1.82, 2.24) is 9.97 Å². The Morgan fingerprint density at radius 1 is 1.35 bits per heavy atom. The standard InChI is InChI=1S/C12H22N4O/c1-5-6-10-14-11(16-13)7-12(15-10)17-9(4)8(2)3/h7-9H,5-6,13H2,1-4H3,(H,14,15,16). The summed E-state index contributed by atoms with van der Waals surface area (Å²) < 4.78 is 5.76. The number of rotatable bonds is 6. The van der Waals surface area contributed by atoms with Gasteiger partial charge in [0.2, 0.25) is 5.88 Å². The van der Waals surface area contributed by atoms with Crippen LogP contribution in [0.4, 0.5) is 5.82 Å². The first-order chi connectivity index (χ1) is 8.06. The molecule has 5 heteroatoms. The molecule has 1 rings (SSSR count). The summed E-state index contributed by atoms with van der Waals surface area (Å²) in [6.45, 7) is 8.34. The van der Waals surface area contributed by atoms with Crippen LogP contribution in [0, 0.1) is 5.92 Å². The Bertz CT molecular complexity index is 354. The number of nitrogens with zero attached hydrogens (tertiary/aromatic N) is 2. The first-order valence-electron chi connectivity index (χ1n) is 6.08. The van der Waals surface area contributed by atoms with E-state index in [1.165, 1.54) is 0 Å². The maximum atomic E-state index is 5.76. The van der Waals surface area contributed by atoms with Crippen LogP contribution in [0.5, 0.6) is 5.88 Å². The highest BCUT2D eigenvalue weighted by atomic mass is 16.5. The molecule has 0 fully saturated rings. The highest BCUT2D eigenvalue weighted by molar-refractivity contribution is 5.37. The molecule has 0 spiro atoms. The van der Waals surface area contributed by atoms with Crippen LogP contribution in [0.2, 0.25) is 0 Å². The van der Waals surface area contributed by atoms with E-state index in [9.17, 15) is 0 Å². The lowest BCUT2D eigenvalue weighted by Gasteiger charge is -2.18. The van der Waals surface area contributed by atoms with Gasteiger partial charge in [0.15, 0.2) is 0 Å². The third-order valence-electron chi connectivity index (χ3n) is 2.62. The van der Waals surface area contributed by atoms with Crippen LogP contribution in [0.1, 0.15) is 39.9 Å². The van der Waals surface area contributed by atoms with Crippen molar-refractivity contribution in [3.05, 3.63) is 11.9 Å². The molecule has 3 N–H and O–H groups in total. The van der Waals surface area contributed by atoms with Gasteiger partial charge in [-0.25, -0.2) is 10.8 Å². The Balaban J connectivity index is 2.86. The van der Waals surface area contributed by atoms with E-state index in [1.54, 1.807) is 6.07 Å². The highest BCUT2D eigenvalue weighted by Gasteiger charge is 2.11. The van der Waals surface area contributed by atoms with Crippen LogP contribution in [0.3, 0.4) is 0 Å². The van der Waals surface area contributed by atoms with Gasteiger partial charge in [0.25, 0.3) is 0 Å². The van der Waals surface area contributed by atoms with E-state index >= 15 is 0 Å². The lowest BCUT2D eigenvalue weighted by atomic mass is 10.1. The summed E-state index contributed by atoms with van der Waals surface area (Å²) in [6.07, 6.45) is 1.93. The topological polar surface area (TPSA) is 73.1 Å². The zero-order valence-electron chi connectivity index (χ0n) is 11.0. The molecule has 0 aliphatic rings. The molecule has 17 heavy (non-hydrogen) atoms. The van der Waals surface area contributed by atoms with Gasteiger partial charge in [0, 0.05) is 12.5 Å². The number of ether oxygens (including phenoxy) is 1. The molecule has 1 unspecified atom stereocenters. The summed E-state index contributed by atoms with van der Waals surface area (Å²) in [5, 5.41) is 0. The summed E-state index contributed by atoms with van der Waals surface area (Å²) >= 11 is 0. The van der Waals surface area contributed by atoms with Gasteiger partial charge < -0.3 is 10.2 Å². The maximum absolute atomic E-state index is 5.76. The number of aromatic nitrogens is 2. The molecule has 0 bridgehead atoms. The van der Waals surface area contributed by atoms with E-state index < -0.39 is 0 Å². The Morgan fingerprint density at radius 2 is 2.06 bits per heavy atom. The molecule has 1 heterocycles.